The van der Waals surface area contributed by atoms with Crippen LogP contribution in [0.4, 0.5) is 5.69 Å². The topological polar surface area (TPSA) is 71.8 Å². The number of carbonyl (C=O) groups is 1. The van der Waals surface area contributed by atoms with Gasteiger partial charge in [-0.25, -0.2) is 9.79 Å². The lowest BCUT2D eigenvalue weighted by Gasteiger charge is -2.10. The van der Waals surface area contributed by atoms with E-state index in [1.54, 1.807) is 42.0 Å². The summed E-state index contributed by atoms with van der Waals surface area (Å²) in [5, 5.41) is 9.41. The van der Waals surface area contributed by atoms with Gasteiger partial charge in [0.15, 0.2) is 0 Å². The number of pyridine rings is 1. The van der Waals surface area contributed by atoms with E-state index < -0.39 is 5.97 Å². The molecule has 1 aromatic carbocycles. The number of thioether (sulfide) groups is 2. The monoisotopic (exact) mass is 374 g/mol. The van der Waals surface area contributed by atoms with Gasteiger partial charge in [0.25, 0.3) is 0 Å². The number of aromatic nitrogens is 1. The van der Waals surface area contributed by atoms with Crippen LogP contribution < -0.4 is 0 Å². The van der Waals surface area contributed by atoms with Gasteiger partial charge in [0.05, 0.1) is 25.3 Å². The van der Waals surface area contributed by atoms with Gasteiger partial charge in [0.1, 0.15) is 9.95 Å². The van der Waals surface area contributed by atoms with Crippen LogP contribution in [0.25, 0.3) is 5.57 Å². The van der Waals surface area contributed by atoms with E-state index in [2.05, 4.69) is 9.98 Å². The van der Waals surface area contributed by atoms with Crippen LogP contribution in [-0.2, 0) is 15.3 Å². The number of hydrogen-bond acceptors (Lipinski definition) is 6. The van der Waals surface area contributed by atoms with Crippen LogP contribution in [0.5, 0.6) is 0 Å². The van der Waals surface area contributed by atoms with Crippen molar-refractivity contribution < 1.29 is 14.6 Å². The van der Waals surface area contributed by atoms with Gasteiger partial charge in [0.2, 0.25) is 0 Å². The molecule has 0 fully saturated rings. The van der Waals surface area contributed by atoms with Crippen molar-refractivity contribution in [1.29, 1.82) is 0 Å². The minimum absolute atomic E-state index is 0.133. The highest BCUT2D eigenvalue weighted by Crippen LogP contribution is 2.28. The Labute approximate surface area is 155 Å². The average Bonchev–Trinajstić information content (AvgIpc) is 2.64. The third-order valence-corrected chi connectivity index (χ3v) is 5.25. The van der Waals surface area contributed by atoms with Gasteiger partial charge in [-0.05, 0) is 29.5 Å². The summed E-state index contributed by atoms with van der Waals surface area (Å²) >= 11 is 3.10. The van der Waals surface area contributed by atoms with Crippen molar-refractivity contribution in [3.63, 3.8) is 0 Å². The number of methoxy groups -OCH3 is 1. The van der Waals surface area contributed by atoms with Gasteiger partial charge in [0, 0.05) is 11.9 Å². The number of aliphatic imine (C=N–C) groups is 1. The van der Waals surface area contributed by atoms with E-state index in [-0.39, 0.29) is 5.57 Å². The van der Waals surface area contributed by atoms with Crippen molar-refractivity contribution in [1.82, 2.24) is 4.98 Å². The van der Waals surface area contributed by atoms with Crippen molar-refractivity contribution in [2.75, 3.05) is 13.4 Å². The summed E-state index contributed by atoms with van der Waals surface area (Å²) in [5.74, 6) is -0.418. The normalized spacial score (nSPS) is 12.1. The van der Waals surface area contributed by atoms with E-state index in [9.17, 15) is 9.90 Å². The Morgan fingerprint density at radius 1 is 1.32 bits per heavy atom. The molecule has 7 heteroatoms. The average molecular weight is 374 g/mol. The number of carboxylic acids is 1. The minimum Gasteiger partial charge on any atom is -0.503 e. The van der Waals surface area contributed by atoms with Crippen molar-refractivity contribution in [3.8, 4) is 0 Å². The Bertz CT molecular complexity index is 777. The smallest absolute Gasteiger partial charge is 0.339 e. The fourth-order valence-electron chi connectivity index (χ4n) is 2.06. The molecule has 25 heavy (non-hydrogen) atoms. The molecule has 0 bridgehead atoms. The third kappa shape index (κ3) is 5.65. The summed E-state index contributed by atoms with van der Waals surface area (Å²) in [6, 6.07) is 11.1. The van der Waals surface area contributed by atoms with Crippen molar-refractivity contribution in [2.45, 2.75) is 5.75 Å². The number of carboxylic acid groups (broad SMARTS) is 1. The molecule has 5 nitrogen and oxygen atoms in total. The fourth-order valence-corrected chi connectivity index (χ4v) is 3.60. The molecule has 0 saturated heterocycles. The van der Waals surface area contributed by atoms with E-state index in [4.69, 9.17) is 4.74 Å². The number of benzene rings is 1. The van der Waals surface area contributed by atoms with E-state index in [1.165, 1.54) is 13.4 Å². The quantitative estimate of drug-likeness (QED) is 0.349. The predicted octanol–water partition coefficient (Wildman–Crippen LogP) is 4.44. The molecule has 0 amide bonds. The van der Waals surface area contributed by atoms with Crippen LogP contribution >= 0.6 is 23.5 Å². The Kier molecular flexibility index (Phi) is 7.56. The summed E-state index contributed by atoms with van der Waals surface area (Å²) in [7, 11) is 1.44. The molecule has 0 radical (unpaired) electrons. The molecule has 0 saturated carbocycles. The van der Waals surface area contributed by atoms with Gasteiger partial charge in [-0.15, -0.1) is 11.8 Å². The summed E-state index contributed by atoms with van der Waals surface area (Å²) in [5.41, 5.74) is 2.48. The van der Waals surface area contributed by atoms with Gasteiger partial charge in [-0.2, -0.15) is 0 Å². The summed E-state index contributed by atoms with van der Waals surface area (Å²) < 4.78 is 5.80. The number of hydrogen-bond donors (Lipinski definition) is 1. The van der Waals surface area contributed by atoms with Crippen LogP contribution in [0, 0.1) is 0 Å². The second-order valence-electron chi connectivity index (χ2n) is 4.81. The molecule has 1 heterocycles. The van der Waals surface area contributed by atoms with Crippen LogP contribution in [0.2, 0.25) is 0 Å². The van der Waals surface area contributed by atoms with Gasteiger partial charge in [-0.3, -0.25) is 4.98 Å². The first-order chi connectivity index (χ1) is 12.2. The maximum absolute atomic E-state index is 11.5. The SMILES string of the molecule is COC=C(C(=O)O)c1ccccc1CSC(=Nc1cccnc1)SC. The van der Waals surface area contributed by atoms with Gasteiger partial charge >= 0.3 is 5.97 Å². The largest absolute Gasteiger partial charge is 0.503 e. The molecule has 0 atom stereocenters. The van der Waals surface area contributed by atoms with Crippen LogP contribution in [0.1, 0.15) is 11.1 Å². The predicted molar refractivity (Wildman–Crippen MR) is 105 cm³/mol. The Morgan fingerprint density at radius 2 is 2.12 bits per heavy atom. The maximum Gasteiger partial charge on any atom is 0.339 e. The second kappa shape index (κ2) is 9.90. The summed E-state index contributed by atoms with van der Waals surface area (Å²) in [6.45, 7) is 0. The number of rotatable bonds is 6. The van der Waals surface area contributed by atoms with E-state index >= 15 is 0 Å². The molecule has 2 aromatic rings. The molecule has 0 aliphatic carbocycles. The Balaban J connectivity index is 2.22. The molecule has 1 N–H and O–H groups in total. The lowest BCUT2D eigenvalue weighted by atomic mass is 10.0. The molecular formula is C18H18N2O3S2. The third-order valence-electron chi connectivity index (χ3n) is 3.17. The number of nitrogens with zero attached hydrogens (tertiary/aromatic N) is 2. The molecule has 0 aliphatic rings. The van der Waals surface area contributed by atoms with E-state index in [1.807, 2.05) is 36.6 Å². The molecule has 0 spiro atoms. The first-order valence-corrected chi connectivity index (χ1v) is 9.56. The summed E-state index contributed by atoms with van der Waals surface area (Å²) in [6.07, 6.45) is 6.62. The zero-order chi connectivity index (χ0) is 18.1. The molecule has 1 aromatic heterocycles. The molecule has 0 unspecified atom stereocenters. The number of aliphatic carboxylic acids is 1. The maximum atomic E-state index is 11.5. The van der Waals surface area contributed by atoms with Crippen molar-refractivity contribution in [2.24, 2.45) is 4.99 Å². The van der Waals surface area contributed by atoms with E-state index in [0.717, 1.165) is 15.6 Å². The highest BCUT2D eigenvalue weighted by molar-refractivity contribution is 8.38. The number of ether oxygens (including phenoxy) is 1. The Hall–Kier alpha value is -2.25. The molecule has 130 valence electrons. The van der Waals surface area contributed by atoms with Crippen molar-refractivity contribution in [3.05, 3.63) is 66.2 Å². The van der Waals surface area contributed by atoms with Gasteiger partial charge in [-0.1, -0.05) is 36.0 Å². The standard InChI is InChI=1S/C18H18N2O3S2/c1-23-11-16(17(21)22)15-8-4-3-6-13(15)12-25-18(24-2)20-14-7-5-9-19-10-14/h3-11H,12H2,1-2H3,(H,21,22). The highest BCUT2D eigenvalue weighted by atomic mass is 32.2. The highest BCUT2D eigenvalue weighted by Gasteiger charge is 2.15. The molecular weight excluding hydrogens is 356 g/mol. The second-order valence-corrected chi connectivity index (χ2v) is 6.83. The zero-order valence-corrected chi connectivity index (χ0v) is 15.5. The van der Waals surface area contributed by atoms with Crippen LogP contribution in [0.3, 0.4) is 0 Å². The first-order valence-electron chi connectivity index (χ1n) is 7.35. The fraction of sp³-hybridized carbons (Fsp3) is 0.167. The molecule has 0 aliphatic heterocycles. The lowest BCUT2D eigenvalue weighted by molar-refractivity contribution is -0.130. The Morgan fingerprint density at radius 3 is 2.76 bits per heavy atom. The van der Waals surface area contributed by atoms with E-state index in [0.29, 0.717) is 11.3 Å². The van der Waals surface area contributed by atoms with Crippen molar-refractivity contribution >= 4 is 45.1 Å². The summed E-state index contributed by atoms with van der Waals surface area (Å²) in [4.78, 5) is 20.1. The minimum atomic E-state index is -1.02. The lowest BCUT2D eigenvalue weighted by Crippen LogP contribution is -2.03. The van der Waals surface area contributed by atoms with Gasteiger partial charge < -0.3 is 9.84 Å². The first kappa shape index (κ1) is 19.1. The van der Waals surface area contributed by atoms with Crippen LogP contribution in [0.15, 0.2) is 60.0 Å². The molecule has 2 rings (SSSR count). The van der Waals surface area contributed by atoms with Crippen LogP contribution in [-0.4, -0.2) is 33.8 Å². The zero-order valence-electron chi connectivity index (χ0n) is 13.9.